The normalized spacial score (nSPS) is 17.2. The molecule has 0 saturated heterocycles. The molecule has 0 saturated carbocycles. The first-order valence-corrected chi connectivity index (χ1v) is 7.01. The van der Waals surface area contributed by atoms with Gasteiger partial charge in [-0.15, -0.1) is 0 Å². The lowest BCUT2D eigenvalue weighted by atomic mass is 10.0. The Kier molecular flexibility index (Phi) is 3.94. The van der Waals surface area contributed by atoms with E-state index in [0.29, 0.717) is 0 Å². The predicted molar refractivity (Wildman–Crippen MR) is 78.5 cm³/mol. The molecule has 0 fully saturated rings. The zero-order chi connectivity index (χ0) is 15.8. The van der Waals surface area contributed by atoms with E-state index in [1.54, 1.807) is 24.1 Å². The van der Waals surface area contributed by atoms with E-state index in [4.69, 9.17) is 9.84 Å². The van der Waals surface area contributed by atoms with Crippen molar-refractivity contribution in [3.05, 3.63) is 34.9 Å². The third-order valence-corrected chi connectivity index (χ3v) is 3.59. The minimum absolute atomic E-state index is 0.130. The fourth-order valence-electron chi connectivity index (χ4n) is 2.58. The molecule has 2 rings (SSSR count). The molecule has 1 aromatic rings. The summed E-state index contributed by atoms with van der Waals surface area (Å²) < 4.78 is 5.38. The number of hydrogen-bond acceptors (Lipinski definition) is 3. The second-order valence-corrected chi connectivity index (χ2v) is 6.36. The molecule has 5 nitrogen and oxygen atoms in total. The Morgan fingerprint density at radius 1 is 1.33 bits per heavy atom. The average molecular weight is 291 g/mol. The second kappa shape index (κ2) is 5.39. The number of carbonyl (C=O) groups excluding carboxylic acids is 1. The van der Waals surface area contributed by atoms with Gasteiger partial charge in [0.2, 0.25) is 0 Å². The smallest absolute Gasteiger partial charge is 0.410 e. The van der Waals surface area contributed by atoms with Crippen LogP contribution in [-0.4, -0.2) is 34.7 Å². The minimum atomic E-state index is -0.955. The summed E-state index contributed by atoms with van der Waals surface area (Å²) in [5.74, 6) is -0.955. The third kappa shape index (κ3) is 3.35. The van der Waals surface area contributed by atoms with E-state index >= 15 is 0 Å². The maximum atomic E-state index is 12.2. The van der Waals surface area contributed by atoms with E-state index < -0.39 is 11.6 Å². The van der Waals surface area contributed by atoms with Crippen molar-refractivity contribution in [2.24, 2.45) is 0 Å². The van der Waals surface area contributed by atoms with Gasteiger partial charge in [0.1, 0.15) is 5.60 Å². The van der Waals surface area contributed by atoms with Gasteiger partial charge in [-0.1, -0.05) is 6.07 Å². The molecule has 114 valence electrons. The fourth-order valence-corrected chi connectivity index (χ4v) is 2.58. The van der Waals surface area contributed by atoms with Crippen molar-refractivity contribution in [3.63, 3.8) is 0 Å². The number of carboxylic acid groups (broad SMARTS) is 1. The third-order valence-electron chi connectivity index (χ3n) is 3.59. The number of carboxylic acids is 1. The molecule has 1 aliphatic carbocycles. The molecular formula is C16H21NO4. The number of amides is 1. The fraction of sp³-hybridized carbons (Fsp3) is 0.500. The lowest BCUT2D eigenvalue weighted by Gasteiger charge is -2.29. The van der Waals surface area contributed by atoms with Crippen LogP contribution in [0.1, 0.15) is 54.7 Å². The summed E-state index contributed by atoms with van der Waals surface area (Å²) in [6.07, 6.45) is 1.24. The Bertz CT molecular complexity index is 574. The number of benzene rings is 1. The van der Waals surface area contributed by atoms with Crippen LogP contribution in [0.2, 0.25) is 0 Å². The molecule has 0 unspecified atom stereocenters. The average Bonchev–Trinajstić information content (AvgIpc) is 2.78. The molecule has 5 heteroatoms. The van der Waals surface area contributed by atoms with Gasteiger partial charge in [-0.3, -0.25) is 0 Å². The standard InChI is InChI=1S/C16H21NO4/c1-16(2,3)21-15(20)17(4)13-8-7-10-5-6-11(14(18)19)9-12(10)13/h5-6,9,13H,7-8H2,1-4H3,(H,18,19)/t13-/m1/s1. The van der Waals surface area contributed by atoms with Gasteiger partial charge in [0, 0.05) is 7.05 Å². The number of aryl methyl sites for hydroxylation is 1. The molecule has 0 aliphatic heterocycles. The van der Waals surface area contributed by atoms with E-state index in [9.17, 15) is 9.59 Å². The number of fused-ring (bicyclic) bond motifs is 1. The first kappa shape index (κ1) is 15.4. The van der Waals surface area contributed by atoms with Crippen LogP contribution in [0.5, 0.6) is 0 Å². The molecule has 1 N–H and O–H groups in total. The molecule has 1 aliphatic rings. The number of rotatable bonds is 2. The van der Waals surface area contributed by atoms with E-state index in [0.717, 1.165) is 24.0 Å². The zero-order valence-electron chi connectivity index (χ0n) is 12.8. The second-order valence-electron chi connectivity index (χ2n) is 6.36. The van der Waals surface area contributed by atoms with Crippen molar-refractivity contribution in [3.8, 4) is 0 Å². The van der Waals surface area contributed by atoms with Crippen LogP contribution in [0.15, 0.2) is 18.2 Å². The quantitative estimate of drug-likeness (QED) is 0.908. The van der Waals surface area contributed by atoms with E-state index in [1.165, 1.54) is 0 Å². The Morgan fingerprint density at radius 2 is 2.00 bits per heavy atom. The predicted octanol–water partition coefficient (Wildman–Crippen LogP) is 3.24. The summed E-state index contributed by atoms with van der Waals surface area (Å²) in [5.41, 5.74) is 1.71. The molecule has 1 amide bonds. The van der Waals surface area contributed by atoms with Gasteiger partial charge in [0.25, 0.3) is 0 Å². The van der Waals surface area contributed by atoms with Crippen LogP contribution in [0.4, 0.5) is 4.79 Å². The van der Waals surface area contributed by atoms with Crippen LogP contribution >= 0.6 is 0 Å². The Labute approximate surface area is 124 Å². The van der Waals surface area contributed by atoms with E-state index in [-0.39, 0.29) is 17.7 Å². The van der Waals surface area contributed by atoms with Crippen LogP contribution in [0, 0.1) is 0 Å². The van der Waals surface area contributed by atoms with Gasteiger partial charge in [0.15, 0.2) is 0 Å². The lowest BCUT2D eigenvalue weighted by Crippen LogP contribution is -2.36. The monoisotopic (exact) mass is 291 g/mol. The van der Waals surface area contributed by atoms with Crippen molar-refractivity contribution in [1.29, 1.82) is 0 Å². The van der Waals surface area contributed by atoms with Gasteiger partial charge < -0.3 is 14.7 Å². The van der Waals surface area contributed by atoms with Crippen LogP contribution in [0.25, 0.3) is 0 Å². The first-order valence-electron chi connectivity index (χ1n) is 7.01. The highest BCUT2D eigenvalue weighted by molar-refractivity contribution is 5.88. The number of carbonyl (C=O) groups is 2. The largest absolute Gasteiger partial charge is 0.478 e. The summed E-state index contributed by atoms with van der Waals surface area (Å²) in [5, 5.41) is 9.10. The maximum absolute atomic E-state index is 12.2. The summed E-state index contributed by atoms with van der Waals surface area (Å²) in [6.45, 7) is 5.47. The summed E-state index contributed by atoms with van der Waals surface area (Å²) >= 11 is 0. The highest BCUT2D eigenvalue weighted by atomic mass is 16.6. The van der Waals surface area contributed by atoms with Crippen LogP contribution < -0.4 is 0 Å². The summed E-state index contributed by atoms with van der Waals surface area (Å²) in [7, 11) is 1.70. The Balaban J connectivity index is 2.23. The Hall–Kier alpha value is -2.04. The highest BCUT2D eigenvalue weighted by Crippen LogP contribution is 2.36. The zero-order valence-corrected chi connectivity index (χ0v) is 12.8. The molecular weight excluding hydrogens is 270 g/mol. The van der Waals surface area contributed by atoms with Gasteiger partial charge in [-0.25, -0.2) is 9.59 Å². The molecule has 21 heavy (non-hydrogen) atoms. The van der Waals surface area contributed by atoms with E-state index in [1.807, 2.05) is 26.8 Å². The van der Waals surface area contributed by atoms with Crippen LogP contribution in [0.3, 0.4) is 0 Å². The van der Waals surface area contributed by atoms with Crippen molar-refractivity contribution < 1.29 is 19.4 Å². The number of aromatic carboxylic acids is 1. The first-order chi connectivity index (χ1) is 9.69. The molecule has 0 aromatic heterocycles. The molecule has 0 radical (unpaired) electrons. The van der Waals surface area contributed by atoms with Gasteiger partial charge in [-0.2, -0.15) is 0 Å². The van der Waals surface area contributed by atoms with Gasteiger partial charge >= 0.3 is 12.1 Å². The van der Waals surface area contributed by atoms with E-state index in [2.05, 4.69) is 0 Å². The SMILES string of the molecule is CN(C(=O)OC(C)(C)C)[C@@H]1CCc2ccc(C(=O)O)cc21. The highest BCUT2D eigenvalue weighted by Gasteiger charge is 2.31. The minimum Gasteiger partial charge on any atom is -0.478 e. The summed E-state index contributed by atoms with van der Waals surface area (Å²) in [6, 6.07) is 4.98. The van der Waals surface area contributed by atoms with Gasteiger partial charge in [0.05, 0.1) is 11.6 Å². The molecule has 1 atom stereocenters. The van der Waals surface area contributed by atoms with Crippen LogP contribution in [-0.2, 0) is 11.2 Å². The molecule has 1 aromatic carbocycles. The lowest BCUT2D eigenvalue weighted by molar-refractivity contribution is 0.0220. The van der Waals surface area contributed by atoms with Gasteiger partial charge in [-0.05, 0) is 56.9 Å². The number of nitrogens with zero attached hydrogens (tertiary/aromatic N) is 1. The maximum Gasteiger partial charge on any atom is 0.410 e. The molecule has 0 heterocycles. The Morgan fingerprint density at radius 3 is 2.57 bits per heavy atom. The van der Waals surface area contributed by atoms with Crippen molar-refractivity contribution in [2.45, 2.75) is 45.3 Å². The molecule has 0 spiro atoms. The topological polar surface area (TPSA) is 66.8 Å². The van der Waals surface area contributed by atoms with Crippen molar-refractivity contribution in [2.75, 3.05) is 7.05 Å². The summed E-state index contributed by atoms with van der Waals surface area (Å²) in [4.78, 5) is 24.8. The van der Waals surface area contributed by atoms with Crippen molar-refractivity contribution >= 4 is 12.1 Å². The number of hydrogen-bond donors (Lipinski definition) is 1. The molecule has 0 bridgehead atoms. The number of ether oxygens (including phenoxy) is 1. The van der Waals surface area contributed by atoms with Crippen molar-refractivity contribution in [1.82, 2.24) is 4.90 Å².